The zero-order valence-electron chi connectivity index (χ0n) is 12.9. The van der Waals surface area contributed by atoms with E-state index in [0.29, 0.717) is 19.5 Å². The summed E-state index contributed by atoms with van der Waals surface area (Å²) in [5.74, 6) is -0.397. The molecule has 3 aliphatic heterocycles. The summed E-state index contributed by atoms with van der Waals surface area (Å²) < 4.78 is 0. The van der Waals surface area contributed by atoms with Crippen molar-refractivity contribution in [3.05, 3.63) is 29.8 Å². The molecular formula is C17H19N3O3. The number of carbonyl (C=O) groups is 3. The molecule has 0 N–H and O–H groups in total. The van der Waals surface area contributed by atoms with Gasteiger partial charge in [-0.15, -0.1) is 0 Å². The maximum atomic E-state index is 12.7. The first-order chi connectivity index (χ1) is 11.2. The predicted octanol–water partition coefficient (Wildman–Crippen LogP) is 1.39. The Bertz CT molecular complexity index is 665. The van der Waals surface area contributed by atoms with Gasteiger partial charge in [0.2, 0.25) is 5.91 Å². The summed E-state index contributed by atoms with van der Waals surface area (Å²) >= 11 is 0. The van der Waals surface area contributed by atoms with Gasteiger partial charge in [-0.3, -0.25) is 14.5 Å². The Labute approximate surface area is 134 Å². The highest BCUT2D eigenvalue weighted by Crippen LogP contribution is 2.29. The molecule has 0 aromatic heterocycles. The van der Waals surface area contributed by atoms with Crippen LogP contribution in [0.5, 0.6) is 0 Å². The van der Waals surface area contributed by atoms with Crippen LogP contribution in [0.15, 0.2) is 24.3 Å². The molecule has 23 heavy (non-hydrogen) atoms. The van der Waals surface area contributed by atoms with Gasteiger partial charge in [-0.1, -0.05) is 18.2 Å². The normalized spacial score (nSPS) is 23.3. The number of rotatable bonds is 2. The van der Waals surface area contributed by atoms with E-state index in [9.17, 15) is 14.4 Å². The predicted molar refractivity (Wildman–Crippen MR) is 84.0 cm³/mol. The van der Waals surface area contributed by atoms with Gasteiger partial charge in [0.15, 0.2) is 0 Å². The summed E-state index contributed by atoms with van der Waals surface area (Å²) in [6.07, 6.45) is 3.43. The van der Waals surface area contributed by atoms with Crippen LogP contribution in [0.1, 0.15) is 24.8 Å². The number of hydrogen-bond donors (Lipinski definition) is 0. The third kappa shape index (κ3) is 2.20. The number of aryl methyl sites for hydroxylation is 1. The van der Waals surface area contributed by atoms with Gasteiger partial charge in [0.25, 0.3) is 5.91 Å². The lowest BCUT2D eigenvalue weighted by atomic mass is 10.0. The average Bonchev–Trinajstić information content (AvgIpc) is 3.14. The van der Waals surface area contributed by atoms with Crippen LogP contribution in [0.3, 0.4) is 0 Å². The molecule has 1 aromatic carbocycles. The average molecular weight is 313 g/mol. The molecule has 0 aliphatic carbocycles. The molecule has 120 valence electrons. The minimum Gasteiger partial charge on any atom is -0.312 e. The fourth-order valence-electron chi connectivity index (χ4n) is 3.84. The second-order valence-corrected chi connectivity index (χ2v) is 6.34. The Morgan fingerprint density at radius 3 is 2.78 bits per heavy atom. The number of amides is 4. The largest absolute Gasteiger partial charge is 0.327 e. The molecule has 3 aliphatic rings. The third-order valence-electron chi connectivity index (χ3n) is 4.99. The van der Waals surface area contributed by atoms with Crippen LogP contribution in [-0.4, -0.2) is 53.3 Å². The molecule has 1 atom stereocenters. The van der Waals surface area contributed by atoms with Gasteiger partial charge in [0.05, 0.1) is 0 Å². The van der Waals surface area contributed by atoms with Crippen molar-refractivity contribution in [3.63, 3.8) is 0 Å². The Balaban J connectivity index is 1.53. The second kappa shape index (κ2) is 5.37. The number of benzene rings is 1. The number of fused-ring (bicyclic) bond motifs is 2. The van der Waals surface area contributed by atoms with E-state index >= 15 is 0 Å². The highest BCUT2D eigenvalue weighted by atomic mass is 16.2. The lowest BCUT2D eigenvalue weighted by Crippen LogP contribution is -2.45. The summed E-state index contributed by atoms with van der Waals surface area (Å²) in [5, 5.41) is 0. The molecule has 6 nitrogen and oxygen atoms in total. The molecule has 0 radical (unpaired) electrons. The topological polar surface area (TPSA) is 60.9 Å². The highest BCUT2D eigenvalue weighted by molar-refractivity contribution is 6.08. The van der Waals surface area contributed by atoms with Gasteiger partial charge >= 0.3 is 6.03 Å². The number of anilines is 1. The zero-order valence-corrected chi connectivity index (χ0v) is 12.9. The van der Waals surface area contributed by atoms with Gasteiger partial charge in [-0.2, -0.15) is 0 Å². The SMILES string of the molecule is O=C1[C@H]2CCCN2C(=O)N1CC(=O)N1CCCc2ccccc21. The van der Waals surface area contributed by atoms with Crippen LogP contribution in [-0.2, 0) is 16.0 Å². The van der Waals surface area contributed by atoms with Gasteiger partial charge in [-0.25, -0.2) is 4.79 Å². The summed E-state index contributed by atoms with van der Waals surface area (Å²) in [7, 11) is 0. The fraction of sp³-hybridized carbons (Fsp3) is 0.471. The van der Waals surface area contributed by atoms with Gasteiger partial charge < -0.3 is 9.80 Å². The first-order valence-electron chi connectivity index (χ1n) is 8.17. The number of nitrogens with zero attached hydrogens (tertiary/aromatic N) is 3. The van der Waals surface area contributed by atoms with Gasteiger partial charge in [0, 0.05) is 18.8 Å². The molecule has 4 rings (SSSR count). The number of hydrogen-bond acceptors (Lipinski definition) is 3. The lowest BCUT2D eigenvalue weighted by Gasteiger charge is -2.30. The van der Waals surface area contributed by atoms with E-state index in [1.165, 1.54) is 0 Å². The van der Waals surface area contributed by atoms with Crippen molar-refractivity contribution in [2.24, 2.45) is 0 Å². The van der Waals surface area contributed by atoms with Crippen molar-refractivity contribution < 1.29 is 14.4 Å². The molecule has 4 amide bonds. The van der Waals surface area contributed by atoms with Gasteiger partial charge in [-0.05, 0) is 37.3 Å². The molecule has 0 saturated carbocycles. The molecule has 0 unspecified atom stereocenters. The first kappa shape index (κ1) is 14.2. The molecule has 1 aromatic rings. The van der Waals surface area contributed by atoms with Crippen molar-refractivity contribution in [2.45, 2.75) is 31.7 Å². The smallest absolute Gasteiger partial charge is 0.312 e. The Morgan fingerprint density at radius 1 is 1.13 bits per heavy atom. The molecular weight excluding hydrogens is 294 g/mol. The number of imide groups is 1. The van der Waals surface area contributed by atoms with Gasteiger partial charge in [0.1, 0.15) is 12.6 Å². The molecule has 2 fully saturated rings. The summed E-state index contributed by atoms with van der Waals surface area (Å²) in [6.45, 7) is 1.10. The minimum atomic E-state index is -0.344. The molecule has 3 heterocycles. The van der Waals surface area contributed by atoms with E-state index in [1.807, 2.05) is 24.3 Å². The van der Waals surface area contributed by atoms with Crippen LogP contribution < -0.4 is 4.90 Å². The summed E-state index contributed by atoms with van der Waals surface area (Å²) in [4.78, 5) is 41.8. The van der Waals surface area contributed by atoms with E-state index in [2.05, 4.69) is 0 Å². The Morgan fingerprint density at radius 2 is 1.96 bits per heavy atom. The monoisotopic (exact) mass is 313 g/mol. The van der Waals surface area contributed by atoms with Crippen LogP contribution in [0.4, 0.5) is 10.5 Å². The van der Waals surface area contributed by atoms with Crippen LogP contribution in [0, 0.1) is 0 Å². The van der Waals surface area contributed by atoms with Crippen molar-refractivity contribution in [2.75, 3.05) is 24.5 Å². The van der Waals surface area contributed by atoms with Crippen LogP contribution in [0.2, 0.25) is 0 Å². The Kier molecular flexibility index (Phi) is 3.32. The standard InChI is InChI=1S/C17H19N3O3/c21-15(18-9-3-6-12-5-1-2-7-13(12)18)11-20-16(22)14-8-4-10-19(14)17(20)23/h1-2,5,7,14H,3-4,6,8-11H2/t14-/m1/s1. The van der Waals surface area contributed by atoms with Crippen molar-refractivity contribution in [1.29, 1.82) is 0 Å². The number of para-hydroxylation sites is 1. The van der Waals surface area contributed by atoms with E-state index in [4.69, 9.17) is 0 Å². The zero-order chi connectivity index (χ0) is 16.0. The fourth-order valence-corrected chi connectivity index (χ4v) is 3.84. The first-order valence-corrected chi connectivity index (χ1v) is 8.17. The maximum Gasteiger partial charge on any atom is 0.327 e. The summed E-state index contributed by atoms with van der Waals surface area (Å²) in [5.41, 5.74) is 2.05. The molecule has 6 heteroatoms. The molecule has 0 spiro atoms. The van der Waals surface area contributed by atoms with Crippen molar-refractivity contribution in [1.82, 2.24) is 9.80 Å². The lowest BCUT2D eigenvalue weighted by molar-refractivity contribution is -0.131. The third-order valence-corrected chi connectivity index (χ3v) is 4.99. The Hall–Kier alpha value is -2.37. The quantitative estimate of drug-likeness (QED) is 0.775. The van der Waals surface area contributed by atoms with Crippen LogP contribution >= 0.6 is 0 Å². The maximum absolute atomic E-state index is 12.7. The number of carbonyl (C=O) groups excluding carboxylic acids is 3. The number of urea groups is 1. The molecule has 0 bridgehead atoms. The van der Waals surface area contributed by atoms with E-state index in [1.54, 1.807) is 9.80 Å². The summed E-state index contributed by atoms with van der Waals surface area (Å²) in [6, 6.07) is 7.18. The van der Waals surface area contributed by atoms with E-state index in [0.717, 1.165) is 35.4 Å². The van der Waals surface area contributed by atoms with E-state index in [-0.39, 0.29) is 30.4 Å². The van der Waals surface area contributed by atoms with Crippen molar-refractivity contribution in [3.8, 4) is 0 Å². The minimum absolute atomic E-state index is 0.154. The van der Waals surface area contributed by atoms with E-state index < -0.39 is 0 Å². The van der Waals surface area contributed by atoms with Crippen LogP contribution in [0.25, 0.3) is 0 Å². The molecule has 2 saturated heterocycles. The second-order valence-electron chi connectivity index (χ2n) is 6.34. The highest BCUT2D eigenvalue weighted by Gasteiger charge is 2.48. The van der Waals surface area contributed by atoms with Crippen molar-refractivity contribution >= 4 is 23.5 Å².